The van der Waals surface area contributed by atoms with Crippen molar-refractivity contribution in [3.05, 3.63) is 23.6 Å². The molecular formula is C19H25ClN6O5S. The van der Waals surface area contributed by atoms with E-state index in [9.17, 15) is 8.42 Å². The zero-order valence-corrected chi connectivity index (χ0v) is 19.1. The van der Waals surface area contributed by atoms with Gasteiger partial charge in [0, 0.05) is 25.8 Å². The van der Waals surface area contributed by atoms with Crippen LogP contribution in [-0.4, -0.2) is 83.8 Å². The lowest BCUT2D eigenvalue weighted by molar-refractivity contribution is 0.0656. The molecule has 5 atom stereocenters. The van der Waals surface area contributed by atoms with Crippen LogP contribution in [0.1, 0.15) is 6.42 Å². The van der Waals surface area contributed by atoms with E-state index < -0.39 is 15.1 Å². The average Bonchev–Trinajstić information content (AvgIpc) is 3.53. The van der Waals surface area contributed by atoms with Crippen LogP contribution in [0.4, 0.5) is 17.5 Å². The Morgan fingerprint density at radius 1 is 1.22 bits per heavy atom. The Bertz CT molecular complexity index is 1080. The molecule has 0 bridgehead atoms. The monoisotopic (exact) mass is 484 g/mol. The number of hydrogen-bond acceptors (Lipinski definition) is 10. The zero-order valence-electron chi connectivity index (χ0n) is 17.5. The summed E-state index contributed by atoms with van der Waals surface area (Å²) in [6, 6.07) is -0.207. The van der Waals surface area contributed by atoms with Gasteiger partial charge >= 0.3 is 0 Å². The van der Waals surface area contributed by atoms with Gasteiger partial charge < -0.3 is 24.8 Å². The Balaban J connectivity index is 1.24. The molecule has 32 heavy (non-hydrogen) atoms. The van der Waals surface area contributed by atoms with E-state index in [1.54, 1.807) is 17.1 Å². The first-order chi connectivity index (χ1) is 15.4. The van der Waals surface area contributed by atoms with Crippen LogP contribution in [0.3, 0.4) is 0 Å². The van der Waals surface area contributed by atoms with Crippen LogP contribution in [0.2, 0.25) is 5.02 Å². The third-order valence-corrected chi connectivity index (χ3v) is 8.58. The van der Waals surface area contributed by atoms with E-state index in [0.717, 1.165) is 5.69 Å². The number of aryl methyl sites for hydroxylation is 1. The quantitative estimate of drug-likeness (QED) is 0.587. The number of anilines is 3. The molecule has 0 spiro atoms. The maximum Gasteiger partial charge on any atom is 0.229 e. The van der Waals surface area contributed by atoms with E-state index in [0.29, 0.717) is 43.0 Å². The van der Waals surface area contributed by atoms with Gasteiger partial charge in [0.1, 0.15) is 11.1 Å². The molecule has 2 aromatic heterocycles. The van der Waals surface area contributed by atoms with Crippen molar-refractivity contribution in [2.75, 3.05) is 42.8 Å². The Morgan fingerprint density at radius 2 is 2.06 bits per heavy atom. The molecule has 174 valence electrons. The van der Waals surface area contributed by atoms with E-state index in [2.05, 4.69) is 25.7 Å². The molecule has 5 rings (SSSR count). The lowest BCUT2D eigenvalue weighted by atomic mass is 10.0. The lowest BCUT2D eigenvalue weighted by Gasteiger charge is -2.19. The molecule has 0 aromatic carbocycles. The van der Waals surface area contributed by atoms with Gasteiger partial charge in [-0.25, -0.2) is 13.4 Å². The summed E-state index contributed by atoms with van der Waals surface area (Å²) < 4.78 is 44.3. The molecule has 3 saturated heterocycles. The molecule has 2 aromatic rings. The van der Waals surface area contributed by atoms with Gasteiger partial charge in [0.15, 0.2) is 15.7 Å². The predicted molar refractivity (Wildman–Crippen MR) is 117 cm³/mol. The van der Waals surface area contributed by atoms with E-state index in [4.69, 9.17) is 25.8 Å². The summed E-state index contributed by atoms with van der Waals surface area (Å²) in [5, 5.41) is 10.4. The number of halogens is 1. The Morgan fingerprint density at radius 3 is 2.81 bits per heavy atom. The lowest BCUT2D eigenvalue weighted by Crippen LogP contribution is -2.37. The normalized spacial score (nSPS) is 29.9. The molecule has 0 amide bonds. The van der Waals surface area contributed by atoms with Crippen LogP contribution >= 0.6 is 11.6 Å². The number of fused-ring (bicyclic) bond motifs is 1. The fourth-order valence-corrected chi connectivity index (χ4v) is 6.45. The smallest absolute Gasteiger partial charge is 0.229 e. The van der Waals surface area contributed by atoms with Crippen molar-refractivity contribution in [3.8, 4) is 0 Å². The van der Waals surface area contributed by atoms with Gasteiger partial charge in [0.25, 0.3) is 0 Å². The van der Waals surface area contributed by atoms with Crippen LogP contribution in [0.25, 0.3) is 0 Å². The summed E-state index contributed by atoms with van der Waals surface area (Å²) >= 11 is 6.31. The number of hydrogen-bond donors (Lipinski definition) is 2. The van der Waals surface area contributed by atoms with E-state index in [1.165, 1.54) is 6.20 Å². The first kappa shape index (κ1) is 21.8. The number of sulfone groups is 1. The molecule has 3 aliphatic heterocycles. The minimum absolute atomic E-state index is 0.0440. The summed E-state index contributed by atoms with van der Waals surface area (Å²) in [6.07, 6.45) is 4.96. The molecule has 3 aliphatic rings. The molecule has 0 saturated carbocycles. The summed E-state index contributed by atoms with van der Waals surface area (Å²) in [7, 11) is -1.44. The average molecular weight is 485 g/mol. The van der Waals surface area contributed by atoms with Crippen molar-refractivity contribution in [2.45, 2.75) is 29.9 Å². The van der Waals surface area contributed by atoms with Crippen molar-refractivity contribution in [1.82, 2.24) is 19.7 Å². The van der Waals surface area contributed by atoms with Crippen molar-refractivity contribution in [2.24, 2.45) is 13.0 Å². The number of aromatic nitrogens is 4. The standard InChI is InChI=1S/C19H25ClN6O5S/c1-26-6-12(4-22-26)23-19-21-5-14(20)18(25-19)24-15-9-31-16-11(7-30-17(15)16)10-32(27,28)13-2-3-29-8-13/h4-6,11,13,15-17H,2-3,7-10H2,1H3,(H2,21,23,24,25). The highest BCUT2D eigenvalue weighted by atomic mass is 35.5. The van der Waals surface area contributed by atoms with Gasteiger partial charge in [-0.15, -0.1) is 0 Å². The third kappa shape index (κ3) is 4.42. The zero-order chi connectivity index (χ0) is 22.3. The first-order valence-electron chi connectivity index (χ1n) is 10.5. The largest absolute Gasteiger partial charge is 0.380 e. The van der Waals surface area contributed by atoms with Crippen molar-refractivity contribution in [1.29, 1.82) is 0 Å². The fourth-order valence-electron chi connectivity index (χ4n) is 4.39. The van der Waals surface area contributed by atoms with Crippen LogP contribution in [0.15, 0.2) is 18.6 Å². The molecule has 5 unspecified atom stereocenters. The molecule has 5 heterocycles. The number of ether oxygens (including phenoxy) is 3. The predicted octanol–water partition coefficient (Wildman–Crippen LogP) is 1.01. The van der Waals surface area contributed by atoms with E-state index in [-0.39, 0.29) is 36.5 Å². The second kappa shape index (κ2) is 8.75. The van der Waals surface area contributed by atoms with Crippen molar-refractivity contribution >= 4 is 38.9 Å². The maximum absolute atomic E-state index is 12.7. The van der Waals surface area contributed by atoms with Gasteiger partial charge in [-0.2, -0.15) is 10.1 Å². The fraction of sp³-hybridized carbons (Fsp3) is 0.632. The number of nitrogens with zero attached hydrogens (tertiary/aromatic N) is 4. The molecule has 11 nitrogen and oxygen atoms in total. The summed E-state index contributed by atoms with van der Waals surface area (Å²) in [4.78, 5) is 8.67. The second-order valence-corrected chi connectivity index (χ2v) is 11.1. The maximum atomic E-state index is 12.7. The molecule has 0 radical (unpaired) electrons. The Labute approximate surface area is 190 Å². The van der Waals surface area contributed by atoms with Crippen LogP contribution in [-0.2, 0) is 31.1 Å². The number of nitrogens with one attached hydrogen (secondary N) is 2. The Hall–Kier alpha value is -1.99. The summed E-state index contributed by atoms with van der Waals surface area (Å²) in [5.41, 5.74) is 0.751. The van der Waals surface area contributed by atoms with Gasteiger partial charge in [0.05, 0.1) is 61.1 Å². The summed E-state index contributed by atoms with van der Waals surface area (Å²) in [6.45, 7) is 1.48. The van der Waals surface area contributed by atoms with Crippen LogP contribution < -0.4 is 10.6 Å². The van der Waals surface area contributed by atoms with Crippen molar-refractivity contribution < 1.29 is 22.6 Å². The minimum atomic E-state index is -3.26. The highest BCUT2D eigenvalue weighted by Gasteiger charge is 2.49. The Kier molecular flexibility index (Phi) is 5.97. The van der Waals surface area contributed by atoms with E-state index >= 15 is 0 Å². The molecule has 3 fully saturated rings. The van der Waals surface area contributed by atoms with Gasteiger partial charge in [-0.05, 0) is 6.42 Å². The highest BCUT2D eigenvalue weighted by molar-refractivity contribution is 7.92. The van der Waals surface area contributed by atoms with Gasteiger partial charge in [-0.1, -0.05) is 11.6 Å². The molecular weight excluding hydrogens is 460 g/mol. The molecule has 0 aliphatic carbocycles. The number of rotatable bonds is 7. The summed E-state index contributed by atoms with van der Waals surface area (Å²) in [5.74, 6) is 0.657. The van der Waals surface area contributed by atoms with E-state index in [1.807, 2.05) is 7.05 Å². The topological polar surface area (TPSA) is 129 Å². The second-order valence-electron chi connectivity index (χ2n) is 8.34. The van der Waals surface area contributed by atoms with Crippen molar-refractivity contribution in [3.63, 3.8) is 0 Å². The SMILES string of the molecule is Cn1cc(Nc2ncc(Cl)c(NC3COC4C(CS(=O)(=O)C5CCOC5)COC34)n2)cn1. The first-order valence-corrected chi connectivity index (χ1v) is 12.6. The molecule has 2 N–H and O–H groups in total. The van der Waals surface area contributed by atoms with Crippen LogP contribution in [0.5, 0.6) is 0 Å². The third-order valence-electron chi connectivity index (χ3n) is 6.03. The highest BCUT2D eigenvalue weighted by Crippen LogP contribution is 2.35. The van der Waals surface area contributed by atoms with Crippen LogP contribution in [0, 0.1) is 5.92 Å². The van der Waals surface area contributed by atoms with Gasteiger partial charge in [0.2, 0.25) is 5.95 Å². The van der Waals surface area contributed by atoms with Gasteiger partial charge in [-0.3, -0.25) is 4.68 Å². The molecule has 13 heteroatoms. The minimum Gasteiger partial charge on any atom is -0.380 e.